The highest BCUT2D eigenvalue weighted by Gasteiger charge is 2.24. The van der Waals surface area contributed by atoms with E-state index in [0.717, 1.165) is 76.8 Å². The number of nitrogens with zero attached hydrogens (tertiary/aromatic N) is 4. The van der Waals surface area contributed by atoms with Gasteiger partial charge in [-0.1, -0.05) is 29.9 Å². The summed E-state index contributed by atoms with van der Waals surface area (Å²) in [5, 5.41) is 1.83. The van der Waals surface area contributed by atoms with E-state index in [2.05, 4.69) is 16.7 Å². The second kappa shape index (κ2) is 8.67. The van der Waals surface area contributed by atoms with E-state index < -0.39 is 0 Å². The summed E-state index contributed by atoms with van der Waals surface area (Å²) in [5.74, 6) is 0.911. The van der Waals surface area contributed by atoms with E-state index in [9.17, 15) is 4.79 Å². The summed E-state index contributed by atoms with van der Waals surface area (Å²) in [5.41, 5.74) is 2.90. The number of rotatable bonds is 3. The Bertz CT molecular complexity index is 1070. The van der Waals surface area contributed by atoms with Gasteiger partial charge in [-0.3, -0.25) is 4.79 Å². The van der Waals surface area contributed by atoms with Crippen molar-refractivity contribution < 1.29 is 4.79 Å². The molecule has 1 aromatic heterocycles. The Kier molecular flexibility index (Phi) is 5.76. The summed E-state index contributed by atoms with van der Waals surface area (Å²) < 4.78 is 1.10. The molecule has 31 heavy (non-hydrogen) atoms. The van der Waals surface area contributed by atoms with Gasteiger partial charge < -0.3 is 14.7 Å². The van der Waals surface area contributed by atoms with Crippen LogP contribution in [0.3, 0.4) is 0 Å². The summed E-state index contributed by atoms with van der Waals surface area (Å²) in [6.07, 6.45) is 2.45. The Morgan fingerprint density at radius 2 is 1.68 bits per heavy atom. The van der Waals surface area contributed by atoms with Gasteiger partial charge in [-0.15, -0.1) is 0 Å². The normalized spacial score (nSPS) is 18.1. The standard InChI is InChI=1S/C24H27ClN4OS/c1-17-8-10-29(11-9-17)24-26-21-7-2-18(16-22(21)31-24)23(30)28-14-12-27(13-15-28)20-5-3-19(25)4-6-20/h2-7,16-17H,8-15H2,1H3. The van der Waals surface area contributed by atoms with Gasteiger partial charge in [-0.05, 0) is 61.2 Å². The van der Waals surface area contributed by atoms with Crippen molar-refractivity contribution in [1.82, 2.24) is 9.88 Å². The zero-order valence-electron chi connectivity index (χ0n) is 17.8. The maximum Gasteiger partial charge on any atom is 0.254 e. The van der Waals surface area contributed by atoms with Crippen LogP contribution in [0, 0.1) is 5.92 Å². The lowest BCUT2D eigenvalue weighted by Gasteiger charge is -2.36. The molecule has 2 saturated heterocycles. The first-order chi connectivity index (χ1) is 15.1. The smallest absolute Gasteiger partial charge is 0.254 e. The molecule has 2 aliphatic heterocycles. The number of thiazole rings is 1. The number of piperazine rings is 1. The van der Waals surface area contributed by atoms with E-state index in [1.165, 1.54) is 12.8 Å². The molecule has 7 heteroatoms. The summed E-state index contributed by atoms with van der Waals surface area (Å²) in [6.45, 7) is 7.57. The minimum absolute atomic E-state index is 0.111. The summed E-state index contributed by atoms with van der Waals surface area (Å²) in [6, 6.07) is 13.9. The van der Waals surface area contributed by atoms with Crippen molar-refractivity contribution in [2.45, 2.75) is 19.8 Å². The summed E-state index contributed by atoms with van der Waals surface area (Å²) in [4.78, 5) is 24.6. The third-order valence-corrected chi connectivity index (χ3v) is 7.77. The molecule has 0 unspecified atom stereocenters. The molecule has 0 saturated carbocycles. The van der Waals surface area contributed by atoms with Gasteiger partial charge >= 0.3 is 0 Å². The lowest BCUT2D eigenvalue weighted by Crippen LogP contribution is -2.48. The average Bonchev–Trinajstić information content (AvgIpc) is 3.23. The second-order valence-electron chi connectivity index (χ2n) is 8.60. The molecule has 5 rings (SSSR count). The number of hydrogen-bond donors (Lipinski definition) is 0. The molecule has 3 heterocycles. The van der Waals surface area contributed by atoms with E-state index in [0.29, 0.717) is 0 Å². The third kappa shape index (κ3) is 4.37. The molecular formula is C24H27ClN4OS. The number of benzene rings is 2. The van der Waals surface area contributed by atoms with Gasteiger partial charge in [-0.2, -0.15) is 0 Å². The highest BCUT2D eigenvalue weighted by Crippen LogP contribution is 2.32. The first-order valence-electron chi connectivity index (χ1n) is 11.0. The van der Waals surface area contributed by atoms with Crippen molar-refractivity contribution in [2.75, 3.05) is 49.1 Å². The van der Waals surface area contributed by atoms with E-state index in [-0.39, 0.29) is 5.91 Å². The lowest BCUT2D eigenvalue weighted by molar-refractivity contribution is 0.0747. The van der Waals surface area contributed by atoms with Gasteiger partial charge in [0.25, 0.3) is 5.91 Å². The predicted octanol–water partition coefficient (Wildman–Crippen LogP) is 5.15. The van der Waals surface area contributed by atoms with Crippen molar-refractivity contribution >= 4 is 49.9 Å². The van der Waals surface area contributed by atoms with Gasteiger partial charge in [-0.25, -0.2) is 4.98 Å². The minimum Gasteiger partial charge on any atom is -0.368 e. The molecule has 0 atom stereocenters. The Morgan fingerprint density at radius 3 is 2.39 bits per heavy atom. The number of aromatic nitrogens is 1. The monoisotopic (exact) mass is 454 g/mol. The summed E-state index contributed by atoms with van der Waals surface area (Å²) in [7, 11) is 0. The van der Waals surface area contributed by atoms with E-state index in [4.69, 9.17) is 16.6 Å². The van der Waals surface area contributed by atoms with Crippen molar-refractivity contribution in [2.24, 2.45) is 5.92 Å². The molecule has 3 aromatic rings. The highest BCUT2D eigenvalue weighted by atomic mass is 35.5. The van der Waals surface area contributed by atoms with Crippen LogP contribution in [0.2, 0.25) is 5.02 Å². The van der Waals surface area contributed by atoms with Crippen molar-refractivity contribution in [3.8, 4) is 0 Å². The van der Waals surface area contributed by atoms with Gasteiger partial charge in [0.15, 0.2) is 5.13 Å². The Hall–Kier alpha value is -2.31. The van der Waals surface area contributed by atoms with Gasteiger partial charge in [0.2, 0.25) is 0 Å². The van der Waals surface area contributed by atoms with Crippen molar-refractivity contribution in [3.63, 3.8) is 0 Å². The maximum atomic E-state index is 13.1. The minimum atomic E-state index is 0.111. The molecular weight excluding hydrogens is 428 g/mol. The zero-order chi connectivity index (χ0) is 21.4. The largest absolute Gasteiger partial charge is 0.368 e. The molecule has 162 valence electrons. The number of fused-ring (bicyclic) bond motifs is 1. The van der Waals surface area contributed by atoms with Crippen LogP contribution in [0.25, 0.3) is 10.2 Å². The van der Waals surface area contributed by atoms with Gasteiger partial charge in [0.05, 0.1) is 10.2 Å². The van der Waals surface area contributed by atoms with Crippen LogP contribution in [0.1, 0.15) is 30.1 Å². The fraction of sp³-hybridized carbons (Fsp3) is 0.417. The fourth-order valence-electron chi connectivity index (χ4n) is 4.38. The quantitative estimate of drug-likeness (QED) is 0.548. The number of carbonyl (C=O) groups is 1. The number of halogens is 1. The van der Waals surface area contributed by atoms with Crippen LogP contribution < -0.4 is 9.80 Å². The average molecular weight is 455 g/mol. The van der Waals surface area contributed by atoms with Crippen LogP contribution in [-0.2, 0) is 0 Å². The first-order valence-corrected chi connectivity index (χ1v) is 12.2. The van der Waals surface area contributed by atoms with E-state index >= 15 is 0 Å². The highest BCUT2D eigenvalue weighted by molar-refractivity contribution is 7.22. The molecule has 0 radical (unpaired) electrons. The van der Waals surface area contributed by atoms with Gasteiger partial charge in [0.1, 0.15) is 0 Å². The van der Waals surface area contributed by atoms with Crippen LogP contribution in [-0.4, -0.2) is 55.1 Å². The number of carbonyl (C=O) groups excluding carboxylic acids is 1. The summed E-state index contributed by atoms with van der Waals surface area (Å²) >= 11 is 7.71. The zero-order valence-corrected chi connectivity index (χ0v) is 19.3. The molecule has 0 aliphatic carbocycles. The van der Waals surface area contributed by atoms with Crippen molar-refractivity contribution in [1.29, 1.82) is 0 Å². The molecule has 2 fully saturated rings. The molecule has 0 bridgehead atoms. The van der Waals surface area contributed by atoms with Crippen molar-refractivity contribution in [3.05, 3.63) is 53.1 Å². The number of anilines is 2. The SMILES string of the molecule is CC1CCN(c2nc3ccc(C(=O)N4CCN(c5ccc(Cl)cc5)CC4)cc3s2)CC1. The first kappa shape index (κ1) is 20.6. The van der Waals surface area contributed by atoms with Crippen LogP contribution >= 0.6 is 22.9 Å². The van der Waals surface area contributed by atoms with Crippen LogP contribution in [0.15, 0.2) is 42.5 Å². The maximum absolute atomic E-state index is 13.1. The molecule has 5 nitrogen and oxygen atoms in total. The Labute approximate surface area is 192 Å². The Balaban J connectivity index is 1.26. The molecule has 2 aromatic carbocycles. The van der Waals surface area contributed by atoms with Crippen LogP contribution in [0.4, 0.5) is 10.8 Å². The number of hydrogen-bond acceptors (Lipinski definition) is 5. The molecule has 2 aliphatic rings. The molecule has 0 spiro atoms. The van der Waals surface area contributed by atoms with E-state index in [1.54, 1.807) is 11.3 Å². The number of piperidine rings is 1. The van der Waals surface area contributed by atoms with E-state index in [1.807, 2.05) is 47.4 Å². The molecule has 0 N–H and O–H groups in total. The number of amides is 1. The second-order valence-corrected chi connectivity index (χ2v) is 10.0. The molecule has 1 amide bonds. The Morgan fingerprint density at radius 1 is 0.968 bits per heavy atom. The predicted molar refractivity (Wildman–Crippen MR) is 130 cm³/mol. The topological polar surface area (TPSA) is 39.7 Å². The van der Waals surface area contributed by atoms with Gasteiger partial charge in [0, 0.05) is 55.5 Å². The fourth-order valence-corrected chi connectivity index (χ4v) is 5.57. The third-order valence-electron chi connectivity index (χ3n) is 6.44. The lowest BCUT2D eigenvalue weighted by atomic mass is 10.00. The van der Waals surface area contributed by atoms with Crippen LogP contribution in [0.5, 0.6) is 0 Å².